The standard InChI is InChI=1S/C18H22ClN3O2/c19-13-7-9-14(10-8-13)22-16-6-3-1-2-5-15(16)17(21-22)18(24)20-11-4-12-23/h7-10,23H,1-6,11-12H2,(H,20,24). The molecular formula is C18H22ClN3O2. The lowest BCUT2D eigenvalue weighted by atomic mass is 10.1. The van der Waals surface area contributed by atoms with Gasteiger partial charge in [0.05, 0.1) is 5.69 Å². The van der Waals surface area contributed by atoms with Crippen LogP contribution in [-0.4, -0.2) is 33.9 Å². The van der Waals surface area contributed by atoms with Crippen LogP contribution in [0.5, 0.6) is 0 Å². The highest BCUT2D eigenvalue weighted by atomic mass is 35.5. The number of fused-ring (bicyclic) bond motifs is 1. The highest BCUT2D eigenvalue weighted by Gasteiger charge is 2.24. The van der Waals surface area contributed by atoms with Gasteiger partial charge in [-0.3, -0.25) is 4.79 Å². The number of hydrogen-bond donors (Lipinski definition) is 2. The lowest BCUT2D eigenvalue weighted by Crippen LogP contribution is -2.26. The summed E-state index contributed by atoms with van der Waals surface area (Å²) in [6.45, 7) is 0.523. The van der Waals surface area contributed by atoms with Gasteiger partial charge in [0.15, 0.2) is 5.69 Å². The zero-order valence-corrected chi connectivity index (χ0v) is 14.4. The van der Waals surface area contributed by atoms with Crippen molar-refractivity contribution in [3.63, 3.8) is 0 Å². The third-order valence-electron chi connectivity index (χ3n) is 4.34. The molecule has 0 spiro atoms. The quantitative estimate of drug-likeness (QED) is 0.645. The average molecular weight is 348 g/mol. The number of amides is 1. The summed E-state index contributed by atoms with van der Waals surface area (Å²) in [6, 6.07) is 7.52. The zero-order chi connectivity index (χ0) is 16.9. The lowest BCUT2D eigenvalue weighted by molar-refractivity contribution is 0.0945. The van der Waals surface area contributed by atoms with Gasteiger partial charge in [0.1, 0.15) is 0 Å². The minimum atomic E-state index is -0.158. The Kier molecular flexibility index (Phi) is 5.53. The Morgan fingerprint density at radius 2 is 1.96 bits per heavy atom. The molecule has 24 heavy (non-hydrogen) atoms. The van der Waals surface area contributed by atoms with E-state index in [0.29, 0.717) is 23.7 Å². The molecular weight excluding hydrogens is 326 g/mol. The van der Waals surface area contributed by atoms with Gasteiger partial charge in [0, 0.05) is 29.4 Å². The van der Waals surface area contributed by atoms with Crippen molar-refractivity contribution < 1.29 is 9.90 Å². The van der Waals surface area contributed by atoms with Gasteiger partial charge in [0.2, 0.25) is 0 Å². The molecule has 1 aromatic carbocycles. The molecule has 0 saturated heterocycles. The topological polar surface area (TPSA) is 67.2 Å². The largest absolute Gasteiger partial charge is 0.396 e. The van der Waals surface area contributed by atoms with Crippen molar-refractivity contribution in [2.75, 3.05) is 13.2 Å². The van der Waals surface area contributed by atoms with E-state index in [1.54, 1.807) is 0 Å². The number of halogens is 1. The van der Waals surface area contributed by atoms with Crippen molar-refractivity contribution in [3.05, 3.63) is 46.2 Å². The Balaban J connectivity index is 1.97. The van der Waals surface area contributed by atoms with Gasteiger partial charge in [-0.25, -0.2) is 4.68 Å². The first-order valence-corrected chi connectivity index (χ1v) is 8.84. The molecule has 1 aliphatic rings. The van der Waals surface area contributed by atoms with E-state index in [9.17, 15) is 4.79 Å². The first-order chi connectivity index (χ1) is 11.7. The van der Waals surface area contributed by atoms with E-state index in [-0.39, 0.29) is 12.5 Å². The van der Waals surface area contributed by atoms with E-state index in [4.69, 9.17) is 16.7 Å². The number of carbonyl (C=O) groups excluding carboxylic acids is 1. The Labute approximate surface area is 146 Å². The summed E-state index contributed by atoms with van der Waals surface area (Å²) in [7, 11) is 0. The Bertz CT molecular complexity index is 710. The van der Waals surface area contributed by atoms with Gasteiger partial charge in [-0.2, -0.15) is 5.10 Å². The molecule has 128 valence electrons. The van der Waals surface area contributed by atoms with Crippen LogP contribution in [0.3, 0.4) is 0 Å². The summed E-state index contributed by atoms with van der Waals surface area (Å²) in [6.07, 6.45) is 5.71. The molecule has 0 aliphatic heterocycles. The Hall–Kier alpha value is -1.85. The summed E-state index contributed by atoms with van der Waals surface area (Å²) in [4.78, 5) is 12.5. The van der Waals surface area contributed by atoms with Gasteiger partial charge in [0.25, 0.3) is 5.91 Å². The molecule has 0 unspecified atom stereocenters. The van der Waals surface area contributed by atoms with E-state index in [2.05, 4.69) is 10.4 Å². The van der Waals surface area contributed by atoms with Crippen molar-refractivity contribution >= 4 is 17.5 Å². The van der Waals surface area contributed by atoms with E-state index in [1.807, 2.05) is 28.9 Å². The highest BCUT2D eigenvalue weighted by Crippen LogP contribution is 2.27. The number of hydrogen-bond acceptors (Lipinski definition) is 3. The number of rotatable bonds is 5. The normalized spacial score (nSPS) is 14.1. The average Bonchev–Trinajstić information content (AvgIpc) is 2.77. The maximum atomic E-state index is 12.5. The molecule has 3 rings (SSSR count). The van der Waals surface area contributed by atoms with Gasteiger partial charge in [-0.1, -0.05) is 18.0 Å². The van der Waals surface area contributed by atoms with E-state index in [1.165, 1.54) is 6.42 Å². The van der Waals surface area contributed by atoms with Crippen molar-refractivity contribution in [2.24, 2.45) is 0 Å². The molecule has 0 bridgehead atoms. The second-order valence-electron chi connectivity index (χ2n) is 6.06. The molecule has 1 amide bonds. The van der Waals surface area contributed by atoms with Crippen molar-refractivity contribution in [3.8, 4) is 5.69 Å². The highest BCUT2D eigenvalue weighted by molar-refractivity contribution is 6.30. The van der Waals surface area contributed by atoms with Crippen LogP contribution in [0.4, 0.5) is 0 Å². The molecule has 0 atom stereocenters. The fourth-order valence-corrected chi connectivity index (χ4v) is 3.24. The summed E-state index contributed by atoms with van der Waals surface area (Å²) in [5, 5.41) is 17.0. The zero-order valence-electron chi connectivity index (χ0n) is 13.6. The first-order valence-electron chi connectivity index (χ1n) is 8.46. The molecule has 0 fully saturated rings. The Morgan fingerprint density at radius 3 is 2.71 bits per heavy atom. The van der Waals surface area contributed by atoms with E-state index >= 15 is 0 Å². The number of aliphatic hydroxyl groups is 1. The fourth-order valence-electron chi connectivity index (χ4n) is 3.12. The van der Waals surface area contributed by atoms with Crippen LogP contribution in [-0.2, 0) is 12.8 Å². The van der Waals surface area contributed by atoms with Crippen LogP contribution in [0.1, 0.15) is 47.4 Å². The number of nitrogens with one attached hydrogen (secondary N) is 1. The summed E-state index contributed by atoms with van der Waals surface area (Å²) in [5.41, 5.74) is 3.62. The van der Waals surface area contributed by atoms with E-state index in [0.717, 1.165) is 42.6 Å². The van der Waals surface area contributed by atoms with Gasteiger partial charge in [-0.05, 0) is 56.4 Å². The number of benzene rings is 1. The van der Waals surface area contributed by atoms with Crippen LogP contribution in [0.2, 0.25) is 5.02 Å². The second-order valence-corrected chi connectivity index (χ2v) is 6.49. The molecule has 0 saturated carbocycles. The molecule has 0 radical (unpaired) electrons. The molecule has 1 aromatic heterocycles. The smallest absolute Gasteiger partial charge is 0.272 e. The third-order valence-corrected chi connectivity index (χ3v) is 4.59. The van der Waals surface area contributed by atoms with Crippen molar-refractivity contribution in [1.29, 1.82) is 0 Å². The van der Waals surface area contributed by atoms with E-state index < -0.39 is 0 Å². The number of carbonyl (C=O) groups is 1. The lowest BCUT2D eigenvalue weighted by Gasteiger charge is -2.07. The van der Waals surface area contributed by atoms with Crippen LogP contribution < -0.4 is 5.32 Å². The van der Waals surface area contributed by atoms with Crippen LogP contribution in [0.25, 0.3) is 5.69 Å². The molecule has 2 aromatic rings. The fraction of sp³-hybridized carbons (Fsp3) is 0.444. The summed E-state index contributed by atoms with van der Waals surface area (Å²) in [5.74, 6) is -0.158. The minimum absolute atomic E-state index is 0.0671. The molecule has 2 N–H and O–H groups in total. The number of aliphatic hydroxyl groups excluding tert-OH is 1. The minimum Gasteiger partial charge on any atom is -0.396 e. The first kappa shape index (κ1) is 17.0. The molecule has 1 aliphatic carbocycles. The predicted octanol–water partition coefficient (Wildman–Crippen LogP) is 2.91. The van der Waals surface area contributed by atoms with Crippen molar-refractivity contribution in [2.45, 2.75) is 38.5 Å². The molecule has 5 nitrogen and oxygen atoms in total. The third kappa shape index (κ3) is 3.62. The SMILES string of the molecule is O=C(NCCCO)c1nn(-c2ccc(Cl)cc2)c2c1CCCCC2. The molecule has 1 heterocycles. The van der Waals surface area contributed by atoms with Gasteiger partial charge in [-0.15, -0.1) is 0 Å². The molecule has 6 heteroatoms. The summed E-state index contributed by atoms with van der Waals surface area (Å²) < 4.78 is 1.89. The number of nitrogens with zero attached hydrogens (tertiary/aromatic N) is 2. The Morgan fingerprint density at radius 1 is 1.21 bits per heavy atom. The van der Waals surface area contributed by atoms with Crippen molar-refractivity contribution in [1.82, 2.24) is 15.1 Å². The van der Waals surface area contributed by atoms with Crippen LogP contribution >= 0.6 is 11.6 Å². The predicted molar refractivity (Wildman–Crippen MR) is 93.9 cm³/mol. The second kappa shape index (κ2) is 7.81. The van der Waals surface area contributed by atoms with Gasteiger partial charge >= 0.3 is 0 Å². The number of aromatic nitrogens is 2. The maximum Gasteiger partial charge on any atom is 0.272 e. The van der Waals surface area contributed by atoms with Crippen LogP contribution in [0, 0.1) is 0 Å². The summed E-state index contributed by atoms with van der Waals surface area (Å²) >= 11 is 5.98. The monoisotopic (exact) mass is 347 g/mol. The van der Waals surface area contributed by atoms with Gasteiger partial charge < -0.3 is 10.4 Å². The maximum absolute atomic E-state index is 12.5. The van der Waals surface area contributed by atoms with Crippen LogP contribution in [0.15, 0.2) is 24.3 Å².